The van der Waals surface area contributed by atoms with Gasteiger partial charge in [-0.3, -0.25) is 0 Å². The molecule has 0 aromatic heterocycles. The van der Waals surface area contributed by atoms with Crippen molar-refractivity contribution < 1.29 is 9.59 Å². The summed E-state index contributed by atoms with van der Waals surface area (Å²) < 4.78 is 0.904. The van der Waals surface area contributed by atoms with E-state index < -0.39 is 0 Å². The molecule has 0 unspecified atom stereocenters. The first-order chi connectivity index (χ1) is 3.52. The molecule has 48 valence electrons. The molecular formula is C6H14NO+. The molecule has 1 fully saturated rings. The van der Waals surface area contributed by atoms with E-state index in [0.29, 0.717) is 6.04 Å². The van der Waals surface area contributed by atoms with E-state index in [-0.39, 0.29) is 6.10 Å². The largest absolute Gasteiger partial charge is 0.387 e. The zero-order chi connectivity index (χ0) is 6.36. The fourth-order valence-electron chi connectivity index (χ4n) is 1.00. The van der Waals surface area contributed by atoms with Crippen LogP contribution in [-0.4, -0.2) is 42.9 Å². The number of rotatable bonds is 1. The maximum absolute atomic E-state index is 8.95. The molecule has 1 aliphatic carbocycles. The smallest absolute Gasteiger partial charge is 0.118 e. The van der Waals surface area contributed by atoms with Crippen LogP contribution in [0.15, 0.2) is 0 Å². The molecule has 2 nitrogen and oxygen atoms in total. The first-order valence-corrected chi connectivity index (χ1v) is 3.01. The van der Waals surface area contributed by atoms with Crippen molar-refractivity contribution in [1.82, 2.24) is 0 Å². The number of hydrogen-bond donors (Lipinski definition) is 1. The second-order valence-electron chi connectivity index (χ2n) is 3.49. The van der Waals surface area contributed by atoms with Gasteiger partial charge in [0.15, 0.2) is 0 Å². The minimum Gasteiger partial charge on any atom is -0.387 e. The van der Waals surface area contributed by atoms with Gasteiger partial charge in [-0.1, -0.05) is 0 Å². The fraction of sp³-hybridized carbons (Fsp3) is 1.00. The lowest BCUT2D eigenvalue weighted by atomic mass is 10.5. The maximum Gasteiger partial charge on any atom is 0.118 e. The number of aliphatic hydroxyl groups is 1. The number of quaternary nitrogens is 1. The molecule has 0 radical (unpaired) electrons. The van der Waals surface area contributed by atoms with Crippen molar-refractivity contribution in [2.75, 3.05) is 21.1 Å². The van der Waals surface area contributed by atoms with Crippen LogP contribution in [-0.2, 0) is 0 Å². The molecule has 0 aliphatic heterocycles. The lowest BCUT2D eigenvalue weighted by Gasteiger charge is -2.23. The second-order valence-corrected chi connectivity index (χ2v) is 3.49. The zero-order valence-electron chi connectivity index (χ0n) is 5.76. The molecule has 2 heteroatoms. The summed E-state index contributed by atoms with van der Waals surface area (Å²) in [4.78, 5) is 0. The van der Waals surface area contributed by atoms with Gasteiger partial charge in [-0.2, -0.15) is 0 Å². The fourth-order valence-corrected chi connectivity index (χ4v) is 1.00. The molecule has 0 saturated heterocycles. The van der Waals surface area contributed by atoms with Crippen LogP contribution in [0, 0.1) is 0 Å². The Labute approximate surface area is 50.3 Å². The summed E-state index contributed by atoms with van der Waals surface area (Å²) in [5.74, 6) is 0. The minimum absolute atomic E-state index is 0.0185. The lowest BCUT2D eigenvalue weighted by molar-refractivity contribution is -0.883. The van der Waals surface area contributed by atoms with Crippen molar-refractivity contribution in [3.63, 3.8) is 0 Å². The van der Waals surface area contributed by atoms with E-state index in [4.69, 9.17) is 5.11 Å². The van der Waals surface area contributed by atoms with Gasteiger partial charge in [-0.15, -0.1) is 0 Å². The van der Waals surface area contributed by atoms with Crippen LogP contribution in [0.1, 0.15) is 6.42 Å². The van der Waals surface area contributed by atoms with Gasteiger partial charge in [-0.25, -0.2) is 0 Å². The quantitative estimate of drug-likeness (QED) is 0.471. The topological polar surface area (TPSA) is 20.2 Å². The Morgan fingerprint density at radius 1 is 1.38 bits per heavy atom. The standard InChI is InChI=1S/C6H14NO/c1-7(2,3)5-4-6(5)8/h5-6,8H,4H2,1-3H3/q+1/t5-,6+/m0/s1. The maximum atomic E-state index is 8.95. The van der Waals surface area contributed by atoms with Crippen LogP contribution >= 0.6 is 0 Å². The molecular weight excluding hydrogens is 102 g/mol. The van der Waals surface area contributed by atoms with Gasteiger partial charge in [0, 0.05) is 6.42 Å². The van der Waals surface area contributed by atoms with E-state index in [1.54, 1.807) is 0 Å². The molecule has 0 heterocycles. The van der Waals surface area contributed by atoms with Gasteiger partial charge < -0.3 is 9.59 Å². The molecule has 1 aliphatic rings. The first kappa shape index (κ1) is 6.05. The highest BCUT2D eigenvalue weighted by Crippen LogP contribution is 2.29. The predicted octanol–water partition coefficient (Wildman–Crippen LogP) is -0.174. The molecule has 1 rings (SSSR count). The molecule has 1 saturated carbocycles. The van der Waals surface area contributed by atoms with Gasteiger partial charge >= 0.3 is 0 Å². The Hall–Kier alpha value is -0.0800. The van der Waals surface area contributed by atoms with Crippen LogP contribution in [0.25, 0.3) is 0 Å². The van der Waals surface area contributed by atoms with Gasteiger partial charge in [-0.05, 0) is 0 Å². The van der Waals surface area contributed by atoms with E-state index in [1.165, 1.54) is 0 Å². The van der Waals surface area contributed by atoms with Crippen LogP contribution in [0.2, 0.25) is 0 Å². The first-order valence-electron chi connectivity index (χ1n) is 3.01. The number of likely N-dealkylation sites (N-methyl/N-ethyl adjacent to an activating group) is 1. The van der Waals surface area contributed by atoms with Crippen LogP contribution in [0.4, 0.5) is 0 Å². The summed E-state index contributed by atoms with van der Waals surface area (Å²) in [6.45, 7) is 0. The molecule has 2 atom stereocenters. The Morgan fingerprint density at radius 2 is 1.75 bits per heavy atom. The van der Waals surface area contributed by atoms with Gasteiger partial charge in [0.1, 0.15) is 12.1 Å². The molecule has 1 N–H and O–H groups in total. The normalized spacial score (nSPS) is 37.5. The zero-order valence-corrected chi connectivity index (χ0v) is 5.76. The van der Waals surface area contributed by atoms with E-state index >= 15 is 0 Å². The Bertz CT molecular complexity index is 95.2. The van der Waals surface area contributed by atoms with Gasteiger partial charge in [0.2, 0.25) is 0 Å². The van der Waals surface area contributed by atoms with Crippen molar-refractivity contribution in [2.45, 2.75) is 18.6 Å². The Kier molecular flexibility index (Phi) is 1.10. The monoisotopic (exact) mass is 116 g/mol. The van der Waals surface area contributed by atoms with Crippen molar-refractivity contribution in [2.24, 2.45) is 0 Å². The molecule has 0 amide bonds. The number of hydrogen-bond acceptors (Lipinski definition) is 1. The van der Waals surface area contributed by atoms with Crippen molar-refractivity contribution in [3.8, 4) is 0 Å². The van der Waals surface area contributed by atoms with E-state index in [0.717, 1.165) is 10.9 Å². The highest BCUT2D eigenvalue weighted by atomic mass is 16.3. The van der Waals surface area contributed by atoms with E-state index in [2.05, 4.69) is 21.1 Å². The summed E-state index contributed by atoms with van der Waals surface area (Å²) in [7, 11) is 6.34. The van der Waals surface area contributed by atoms with Crippen molar-refractivity contribution in [3.05, 3.63) is 0 Å². The molecule has 0 aromatic rings. The molecule has 8 heavy (non-hydrogen) atoms. The lowest BCUT2D eigenvalue weighted by Crippen LogP contribution is -2.38. The summed E-state index contributed by atoms with van der Waals surface area (Å²) >= 11 is 0. The van der Waals surface area contributed by atoms with Crippen LogP contribution in [0.5, 0.6) is 0 Å². The minimum atomic E-state index is -0.0185. The van der Waals surface area contributed by atoms with E-state index in [9.17, 15) is 0 Å². The summed E-state index contributed by atoms with van der Waals surface area (Å²) in [5.41, 5.74) is 0. The van der Waals surface area contributed by atoms with Crippen molar-refractivity contribution in [1.29, 1.82) is 0 Å². The van der Waals surface area contributed by atoms with Crippen LogP contribution < -0.4 is 0 Å². The highest BCUT2D eigenvalue weighted by Gasteiger charge is 2.46. The average Bonchev–Trinajstić information content (AvgIpc) is 2.13. The number of aliphatic hydroxyl groups excluding tert-OH is 1. The van der Waals surface area contributed by atoms with Crippen LogP contribution in [0.3, 0.4) is 0 Å². The second kappa shape index (κ2) is 1.45. The molecule has 0 spiro atoms. The summed E-state index contributed by atoms with van der Waals surface area (Å²) in [6, 6.07) is 0.509. The highest BCUT2D eigenvalue weighted by molar-refractivity contribution is 4.86. The third-order valence-corrected chi connectivity index (χ3v) is 1.72. The summed E-state index contributed by atoms with van der Waals surface area (Å²) in [6.07, 6.45) is 0.971. The predicted molar refractivity (Wildman–Crippen MR) is 32.4 cm³/mol. The van der Waals surface area contributed by atoms with Gasteiger partial charge in [0.25, 0.3) is 0 Å². The average molecular weight is 116 g/mol. The summed E-state index contributed by atoms with van der Waals surface area (Å²) in [5, 5.41) is 8.95. The van der Waals surface area contributed by atoms with Gasteiger partial charge in [0.05, 0.1) is 21.1 Å². The number of nitrogens with zero attached hydrogens (tertiary/aromatic N) is 1. The Balaban J connectivity index is 2.39. The Morgan fingerprint density at radius 3 is 1.75 bits per heavy atom. The molecule has 0 bridgehead atoms. The van der Waals surface area contributed by atoms with Crippen molar-refractivity contribution >= 4 is 0 Å². The SMILES string of the molecule is C[N+](C)(C)[C@H]1C[C@H]1O. The third-order valence-electron chi connectivity index (χ3n) is 1.72. The van der Waals surface area contributed by atoms with E-state index in [1.807, 2.05) is 0 Å². The third kappa shape index (κ3) is 1.01. The molecule has 0 aromatic carbocycles.